The Hall–Kier alpha value is -3.34. The first-order valence-corrected chi connectivity index (χ1v) is 13.6. The molecule has 0 fully saturated rings. The predicted molar refractivity (Wildman–Crippen MR) is 144 cm³/mol. The van der Waals surface area contributed by atoms with E-state index in [0.29, 0.717) is 24.2 Å². The van der Waals surface area contributed by atoms with Crippen LogP contribution in [0.4, 0.5) is 0 Å². The van der Waals surface area contributed by atoms with Gasteiger partial charge in [-0.2, -0.15) is 8.42 Å². The maximum Gasteiger partial charge on any atom is 0.276 e. The van der Waals surface area contributed by atoms with Crippen LogP contribution in [0, 0.1) is 0 Å². The Labute approximate surface area is 218 Å². The van der Waals surface area contributed by atoms with Gasteiger partial charge in [-0.15, -0.1) is 0 Å². The summed E-state index contributed by atoms with van der Waals surface area (Å²) in [6.07, 6.45) is 8.37. The lowest BCUT2D eigenvalue weighted by Crippen LogP contribution is -2.42. The van der Waals surface area contributed by atoms with E-state index in [1.165, 1.54) is 11.0 Å². The smallest absolute Gasteiger partial charge is 0.276 e. The average molecular weight is 530 g/mol. The lowest BCUT2D eigenvalue weighted by Gasteiger charge is -2.27. The number of ketones is 1. The van der Waals surface area contributed by atoms with Crippen molar-refractivity contribution in [3.05, 3.63) is 78.0 Å². The Morgan fingerprint density at radius 3 is 2.43 bits per heavy atom. The Bertz CT molecular complexity index is 1190. The Balaban J connectivity index is 2.12. The van der Waals surface area contributed by atoms with Crippen LogP contribution in [0.1, 0.15) is 49.7 Å². The SMILES string of the molecule is C=CC1=C(\C=C)N(C(=O)CCC(=O)C(CNC(=O)CCCCCN)S(=O)(=O)O)Cc2ccccc2/C=C\1. The van der Waals surface area contributed by atoms with Gasteiger partial charge in [-0.25, -0.2) is 0 Å². The summed E-state index contributed by atoms with van der Waals surface area (Å²) in [5.41, 5.74) is 8.38. The number of hydrogen-bond donors (Lipinski definition) is 3. The summed E-state index contributed by atoms with van der Waals surface area (Å²) >= 11 is 0. The number of unbranched alkanes of at least 4 members (excludes halogenated alkanes) is 2. The molecular formula is C27H35N3O6S. The molecule has 0 radical (unpaired) electrons. The average Bonchev–Trinajstić information content (AvgIpc) is 2.85. The number of nitrogens with zero attached hydrogens (tertiary/aromatic N) is 1. The minimum absolute atomic E-state index is 0.151. The fourth-order valence-electron chi connectivity index (χ4n) is 3.95. The van der Waals surface area contributed by atoms with Crippen molar-refractivity contribution >= 4 is 33.8 Å². The number of hydrogen-bond acceptors (Lipinski definition) is 6. The normalized spacial score (nSPS) is 17.1. The first-order valence-electron chi connectivity index (χ1n) is 12.1. The first-order chi connectivity index (χ1) is 17.6. The molecule has 4 N–H and O–H groups in total. The molecule has 1 aromatic rings. The number of carbonyl (C=O) groups is 3. The molecule has 0 saturated carbocycles. The van der Waals surface area contributed by atoms with Gasteiger partial charge in [-0.1, -0.05) is 62.1 Å². The van der Waals surface area contributed by atoms with Crippen LogP contribution in [0.2, 0.25) is 0 Å². The third-order valence-corrected chi connectivity index (χ3v) is 7.17. The summed E-state index contributed by atoms with van der Waals surface area (Å²) < 4.78 is 33.3. The number of carbonyl (C=O) groups excluding carboxylic acids is 3. The van der Waals surface area contributed by atoms with Crippen molar-refractivity contribution in [1.29, 1.82) is 0 Å². The van der Waals surface area contributed by atoms with Gasteiger partial charge in [0, 0.05) is 25.8 Å². The van der Waals surface area contributed by atoms with Gasteiger partial charge in [0.05, 0.1) is 12.2 Å². The summed E-state index contributed by atoms with van der Waals surface area (Å²) in [4.78, 5) is 39.5. The number of amides is 2. The van der Waals surface area contributed by atoms with Crippen LogP contribution < -0.4 is 11.1 Å². The van der Waals surface area contributed by atoms with E-state index in [4.69, 9.17) is 5.73 Å². The minimum Gasteiger partial charge on any atom is -0.354 e. The fraction of sp³-hybridized carbons (Fsp3) is 0.370. The van der Waals surface area contributed by atoms with Crippen molar-refractivity contribution in [3.63, 3.8) is 0 Å². The number of Topliss-reactive ketones (excluding diaryl/α,β-unsaturated/α-hetero) is 1. The van der Waals surface area contributed by atoms with E-state index < -0.39 is 45.9 Å². The molecule has 0 spiro atoms. The second-order valence-electron chi connectivity index (χ2n) is 8.63. The van der Waals surface area contributed by atoms with Crippen molar-refractivity contribution in [3.8, 4) is 0 Å². The number of nitrogens with one attached hydrogen (secondary N) is 1. The van der Waals surface area contributed by atoms with Gasteiger partial charge in [-0.3, -0.25) is 18.9 Å². The molecule has 0 saturated heterocycles. The monoisotopic (exact) mass is 529 g/mol. The number of fused-ring (bicyclic) bond motifs is 1. The molecule has 1 atom stereocenters. The van der Waals surface area contributed by atoms with Gasteiger partial charge < -0.3 is 16.0 Å². The van der Waals surface area contributed by atoms with Crippen LogP contribution in [0.25, 0.3) is 6.08 Å². The van der Waals surface area contributed by atoms with E-state index in [1.54, 1.807) is 6.08 Å². The van der Waals surface area contributed by atoms with Gasteiger partial charge in [0.15, 0.2) is 11.0 Å². The number of rotatable bonds is 14. The molecule has 1 aromatic carbocycles. The quantitative estimate of drug-likeness (QED) is 0.248. The van der Waals surface area contributed by atoms with Crippen LogP contribution in [0.3, 0.4) is 0 Å². The Kier molecular flexibility index (Phi) is 11.6. The van der Waals surface area contributed by atoms with E-state index in [1.807, 2.05) is 36.4 Å². The van der Waals surface area contributed by atoms with Crippen molar-refractivity contribution in [1.82, 2.24) is 10.2 Å². The summed E-state index contributed by atoms with van der Waals surface area (Å²) in [6.45, 7) is 7.78. The number of benzene rings is 1. The molecule has 9 nitrogen and oxygen atoms in total. The first kappa shape index (κ1) is 29.9. The molecule has 1 aliphatic heterocycles. The second kappa shape index (κ2) is 14.4. The maximum absolute atomic E-state index is 13.3. The highest BCUT2D eigenvalue weighted by Crippen LogP contribution is 2.25. The predicted octanol–water partition coefficient (Wildman–Crippen LogP) is 2.91. The van der Waals surface area contributed by atoms with Crippen molar-refractivity contribution in [2.45, 2.75) is 50.3 Å². The van der Waals surface area contributed by atoms with Crippen LogP contribution in [-0.4, -0.2) is 53.8 Å². The maximum atomic E-state index is 13.3. The Morgan fingerprint density at radius 2 is 1.78 bits per heavy atom. The van der Waals surface area contributed by atoms with Crippen molar-refractivity contribution < 1.29 is 27.4 Å². The van der Waals surface area contributed by atoms with Gasteiger partial charge in [0.1, 0.15) is 0 Å². The van der Waals surface area contributed by atoms with E-state index >= 15 is 0 Å². The Morgan fingerprint density at radius 1 is 1.05 bits per heavy atom. The summed E-state index contributed by atoms with van der Waals surface area (Å²) in [7, 11) is -4.79. The largest absolute Gasteiger partial charge is 0.354 e. The highest BCUT2D eigenvalue weighted by molar-refractivity contribution is 7.87. The van der Waals surface area contributed by atoms with E-state index in [9.17, 15) is 27.4 Å². The fourth-order valence-corrected chi connectivity index (χ4v) is 4.70. The molecule has 2 amide bonds. The molecule has 10 heteroatoms. The lowest BCUT2D eigenvalue weighted by molar-refractivity contribution is -0.132. The molecule has 0 aromatic heterocycles. The van der Waals surface area contributed by atoms with Crippen molar-refractivity contribution in [2.24, 2.45) is 5.73 Å². The molecule has 0 bridgehead atoms. The number of allylic oxidation sites excluding steroid dienone is 4. The van der Waals surface area contributed by atoms with Gasteiger partial charge in [-0.05, 0) is 42.2 Å². The molecule has 200 valence electrons. The second-order valence-corrected chi connectivity index (χ2v) is 10.2. The van der Waals surface area contributed by atoms with Crippen LogP contribution in [0.15, 0.2) is 66.9 Å². The molecule has 1 heterocycles. The standard InChI is InChI=1S/C27H35N3O6S/c1-3-20-13-14-21-10-7-8-11-22(21)19-30(23(20)4-2)27(33)16-15-24(31)25(37(34,35)36)18-29-26(32)12-6-5-9-17-28/h3-4,7-8,10-11,13-14,25H,1-2,5-6,9,12,15-19,28H2,(H,29,32)(H,34,35,36)/b14-13-,23-20-. The van der Waals surface area contributed by atoms with Gasteiger partial charge in [0.25, 0.3) is 10.1 Å². The third-order valence-electron chi connectivity index (χ3n) is 6.02. The van der Waals surface area contributed by atoms with Crippen LogP contribution in [0.5, 0.6) is 0 Å². The van der Waals surface area contributed by atoms with Crippen molar-refractivity contribution in [2.75, 3.05) is 13.1 Å². The third kappa shape index (κ3) is 8.92. The summed E-state index contributed by atoms with van der Waals surface area (Å²) in [5, 5.41) is 0.530. The van der Waals surface area contributed by atoms with Gasteiger partial charge in [0.2, 0.25) is 11.8 Å². The van der Waals surface area contributed by atoms with E-state index in [2.05, 4.69) is 18.5 Å². The topological polar surface area (TPSA) is 147 Å². The highest BCUT2D eigenvalue weighted by Gasteiger charge is 2.32. The molecule has 1 unspecified atom stereocenters. The zero-order valence-electron chi connectivity index (χ0n) is 20.9. The summed E-state index contributed by atoms with van der Waals surface area (Å²) in [5.74, 6) is -1.72. The molecular weight excluding hydrogens is 494 g/mol. The number of nitrogens with two attached hydrogens (primary N) is 1. The summed E-state index contributed by atoms with van der Waals surface area (Å²) in [6, 6.07) is 7.55. The minimum atomic E-state index is -4.79. The van der Waals surface area contributed by atoms with E-state index in [-0.39, 0.29) is 19.4 Å². The lowest BCUT2D eigenvalue weighted by atomic mass is 10.0. The van der Waals surface area contributed by atoms with Gasteiger partial charge >= 0.3 is 0 Å². The highest BCUT2D eigenvalue weighted by atomic mass is 32.2. The van der Waals surface area contributed by atoms with Crippen LogP contribution in [-0.2, 0) is 31.0 Å². The molecule has 37 heavy (non-hydrogen) atoms. The molecule has 1 aliphatic rings. The zero-order valence-corrected chi connectivity index (χ0v) is 21.7. The molecule has 0 aliphatic carbocycles. The zero-order chi connectivity index (χ0) is 27.4. The van der Waals surface area contributed by atoms with E-state index in [0.717, 1.165) is 24.0 Å². The molecule has 2 rings (SSSR count). The van der Waals surface area contributed by atoms with Crippen LogP contribution >= 0.6 is 0 Å².